The lowest BCUT2D eigenvalue weighted by Gasteiger charge is -2.35. The lowest BCUT2D eigenvalue weighted by atomic mass is 9.94. The van der Waals surface area contributed by atoms with Gasteiger partial charge in [-0.2, -0.15) is 0 Å². The molecule has 1 saturated heterocycles. The third-order valence-corrected chi connectivity index (χ3v) is 3.98. The Hall–Kier alpha value is -0.870. The van der Waals surface area contributed by atoms with E-state index in [1.54, 1.807) is 11.3 Å². The summed E-state index contributed by atoms with van der Waals surface area (Å²) in [4.78, 5) is 14.9. The molecule has 1 aliphatic heterocycles. The highest BCUT2D eigenvalue weighted by molar-refractivity contribution is 7.10. The van der Waals surface area contributed by atoms with Crippen LogP contribution in [-0.4, -0.2) is 34.6 Å². The first-order chi connectivity index (χ1) is 7.57. The quantitative estimate of drug-likeness (QED) is 0.852. The van der Waals surface area contributed by atoms with Crippen LogP contribution in [0, 0.1) is 0 Å². The summed E-state index contributed by atoms with van der Waals surface area (Å²) >= 11 is 1.62. The van der Waals surface area contributed by atoms with Crippen molar-refractivity contribution in [1.29, 1.82) is 0 Å². The molecule has 16 heavy (non-hydrogen) atoms. The topological polar surface area (TPSA) is 40.5 Å². The Morgan fingerprint density at radius 2 is 2.25 bits per heavy atom. The van der Waals surface area contributed by atoms with Gasteiger partial charge in [0, 0.05) is 18.0 Å². The number of hydrogen-bond acceptors (Lipinski definition) is 3. The third kappa shape index (κ3) is 2.83. The summed E-state index contributed by atoms with van der Waals surface area (Å²) in [5.41, 5.74) is -0.584. The number of thiophene rings is 1. The summed E-state index contributed by atoms with van der Waals surface area (Å²) in [6.45, 7) is 3.20. The maximum absolute atomic E-state index is 11.9. The van der Waals surface area contributed by atoms with E-state index in [-0.39, 0.29) is 5.91 Å². The Balaban J connectivity index is 1.87. The standard InChI is InChI=1S/C12H17NO2S/c1-12(15)4-6-13(7-5-12)11(14)9-10-3-2-8-16-10/h2-3,8,15H,4-7,9H2,1H3. The van der Waals surface area contributed by atoms with Gasteiger partial charge < -0.3 is 10.0 Å². The van der Waals surface area contributed by atoms with Gasteiger partial charge in [0.25, 0.3) is 0 Å². The van der Waals surface area contributed by atoms with Gasteiger partial charge in [-0.1, -0.05) is 6.07 Å². The van der Waals surface area contributed by atoms with Gasteiger partial charge in [0.05, 0.1) is 12.0 Å². The van der Waals surface area contributed by atoms with E-state index in [0.29, 0.717) is 32.4 Å². The highest BCUT2D eigenvalue weighted by Gasteiger charge is 2.29. The predicted octanol–water partition coefficient (Wildman–Crippen LogP) is 1.66. The molecule has 0 saturated carbocycles. The number of amides is 1. The fourth-order valence-electron chi connectivity index (χ4n) is 1.91. The van der Waals surface area contributed by atoms with E-state index in [1.807, 2.05) is 29.3 Å². The SMILES string of the molecule is CC1(O)CCN(C(=O)Cc2cccs2)CC1. The van der Waals surface area contributed by atoms with Crippen molar-refractivity contribution >= 4 is 17.2 Å². The average Bonchev–Trinajstić information content (AvgIpc) is 2.70. The van der Waals surface area contributed by atoms with E-state index in [0.717, 1.165) is 4.88 Å². The lowest BCUT2D eigenvalue weighted by Crippen LogP contribution is -2.45. The van der Waals surface area contributed by atoms with Gasteiger partial charge in [-0.15, -0.1) is 11.3 Å². The zero-order valence-electron chi connectivity index (χ0n) is 9.48. The molecule has 0 atom stereocenters. The van der Waals surface area contributed by atoms with Crippen LogP contribution in [0.3, 0.4) is 0 Å². The third-order valence-electron chi connectivity index (χ3n) is 3.10. The lowest BCUT2D eigenvalue weighted by molar-refractivity contribution is -0.134. The molecule has 3 nitrogen and oxygen atoms in total. The molecule has 0 aliphatic carbocycles. The molecule has 1 aromatic rings. The first-order valence-corrected chi connectivity index (χ1v) is 6.47. The van der Waals surface area contributed by atoms with Crippen molar-refractivity contribution in [2.75, 3.05) is 13.1 Å². The Labute approximate surface area is 99.7 Å². The predicted molar refractivity (Wildman–Crippen MR) is 64.5 cm³/mol. The fraction of sp³-hybridized carbons (Fsp3) is 0.583. The number of hydrogen-bond donors (Lipinski definition) is 1. The molecule has 1 aromatic heterocycles. The summed E-state index contributed by atoms with van der Waals surface area (Å²) in [6.07, 6.45) is 1.87. The summed E-state index contributed by atoms with van der Waals surface area (Å²) in [5.74, 6) is 0.179. The Kier molecular flexibility index (Phi) is 3.30. The molecular formula is C12H17NO2S. The summed E-state index contributed by atoms with van der Waals surface area (Å²) < 4.78 is 0. The van der Waals surface area contributed by atoms with Gasteiger partial charge in [0.2, 0.25) is 5.91 Å². The number of rotatable bonds is 2. The van der Waals surface area contributed by atoms with E-state index in [1.165, 1.54) is 0 Å². The van der Waals surface area contributed by atoms with Gasteiger partial charge in [-0.3, -0.25) is 4.79 Å². The van der Waals surface area contributed by atoms with Crippen molar-refractivity contribution in [2.24, 2.45) is 0 Å². The van der Waals surface area contributed by atoms with Crippen molar-refractivity contribution in [2.45, 2.75) is 31.8 Å². The minimum absolute atomic E-state index is 0.179. The van der Waals surface area contributed by atoms with E-state index in [9.17, 15) is 9.90 Å². The largest absolute Gasteiger partial charge is 0.390 e. The number of carbonyl (C=O) groups excluding carboxylic acids is 1. The molecule has 2 heterocycles. The van der Waals surface area contributed by atoms with Gasteiger partial charge in [0.1, 0.15) is 0 Å². The second-order valence-corrected chi connectivity index (χ2v) is 5.67. The van der Waals surface area contributed by atoms with Crippen molar-refractivity contribution in [3.05, 3.63) is 22.4 Å². The van der Waals surface area contributed by atoms with Crippen molar-refractivity contribution < 1.29 is 9.90 Å². The Morgan fingerprint density at radius 1 is 1.56 bits per heavy atom. The van der Waals surface area contributed by atoms with Gasteiger partial charge in [-0.25, -0.2) is 0 Å². The minimum atomic E-state index is -0.584. The van der Waals surface area contributed by atoms with Crippen LogP contribution >= 0.6 is 11.3 Å². The molecule has 1 N–H and O–H groups in total. The molecule has 0 spiro atoms. The second-order valence-electron chi connectivity index (χ2n) is 4.63. The van der Waals surface area contributed by atoms with E-state index in [4.69, 9.17) is 0 Å². The first kappa shape index (κ1) is 11.6. The zero-order valence-corrected chi connectivity index (χ0v) is 10.3. The van der Waals surface area contributed by atoms with Crippen LogP contribution in [0.25, 0.3) is 0 Å². The molecule has 0 unspecified atom stereocenters. The molecule has 0 bridgehead atoms. The van der Waals surface area contributed by atoms with Crippen LogP contribution in [0.5, 0.6) is 0 Å². The smallest absolute Gasteiger partial charge is 0.227 e. The van der Waals surface area contributed by atoms with Gasteiger partial charge in [0.15, 0.2) is 0 Å². The van der Waals surface area contributed by atoms with Gasteiger partial charge in [-0.05, 0) is 31.2 Å². The Morgan fingerprint density at radius 3 is 2.81 bits per heavy atom. The molecule has 1 aliphatic rings. The average molecular weight is 239 g/mol. The number of piperidine rings is 1. The summed E-state index contributed by atoms with van der Waals surface area (Å²) in [5, 5.41) is 11.8. The Bertz CT molecular complexity index is 349. The normalized spacial score (nSPS) is 19.8. The maximum atomic E-state index is 11.9. The van der Waals surface area contributed by atoms with Crippen molar-refractivity contribution in [3.8, 4) is 0 Å². The van der Waals surface area contributed by atoms with Crippen LogP contribution in [0.2, 0.25) is 0 Å². The minimum Gasteiger partial charge on any atom is -0.390 e. The molecule has 0 radical (unpaired) electrons. The van der Waals surface area contributed by atoms with Crippen LogP contribution in [0.1, 0.15) is 24.6 Å². The monoisotopic (exact) mass is 239 g/mol. The van der Waals surface area contributed by atoms with Crippen LogP contribution in [0.4, 0.5) is 0 Å². The van der Waals surface area contributed by atoms with Gasteiger partial charge >= 0.3 is 0 Å². The van der Waals surface area contributed by atoms with Crippen molar-refractivity contribution in [3.63, 3.8) is 0 Å². The first-order valence-electron chi connectivity index (χ1n) is 5.59. The number of carbonyl (C=O) groups is 1. The van der Waals surface area contributed by atoms with E-state index in [2.05, 4.69) is 0 Å². The molecule has 1 amide bonds. The van der Waals surface area contributed by atoms with E-state index >= 15 is 0 Å². The number of nitrogens with zero attached hydrogens (tertiary/aromatic N) is 1. The fourth-order valence-corrected chi connectivity index (χ4v) is 2.61. The molecule has 2 rings (SSSR count). The molecule has 0 aromatic carbocycles. The molecule has 1 fully saturated rings. The second kappa shape index (κ2) is 4.55. The van der Waals surface area contributed by atoms with Crippen molar-refractivity contribution in [1.82, 2.24) is 4.90 Å². The number of aliphatic hydroxyl groups is 1. The highest BCUT2D eigenvalue weighted by Crippen LogP contribution is 2.22. The van der Waals surface area contributed by atoms with Crippen LogP contribution in [-0.2, 0) is 11.2 Å². The highest BCUT2D eigenvalue weighted by atomic mass is 32.1. The maximum Gasteiger partial charge on any atom is 0.227 e. The molecule has 4 heteroatoms. The molecule has 88 valence electrons. The van der Waals surface area contributed by atoms with E-state index < -0.39 is 5.60 Å². The zero-order chi connectivity index (χ0) is 11.6. The van der Waals surface area contributed by atoms with Crippen LogP contribution < -0.4 is 0 Å². The van der Waals surface area contributed by atoms with Crippen LogP contribution in [0.15, 0.2) is 17.5 Å². The molecular weight excluding hydrogens is 222 g/mol. The summed E-state index contributed by atoms with van der Waals surface area (Å²) in [6, 6.07) is 3.96. The number of likely N-dealkylation sites (tertiary alicyclic amines) is 1. The summed E-state index contributed by atoms with van der Waals surface area (Å²) in [7, 11) is 0.